The molecule has 2 fully saturated rings. The van der Waals surface area contributed by atoms with Crippen molar-refractivity contribution < 1.29 is 17.9 Å². The van der Waals surface area contributed by atoms with E-state index in [1.165, 1.54) is 8.61 Å². The van der Waals surface area contributed by atoms with Crippen molar-refractivity contribution in [2.24, 2.45) is 0 Å². The normalized spacial score (nSPS) is 25.5. The van der Waals surface area contributed by atoms with Gasteiger partial charge in [0.15, 0.2) is 0 Å². The molecule has 1 aromatic carbocycles. The minimum Gasteiger partial charge on any atom is -0.373 e. The van der Waals surface area contributed by atoms with Crippen LogP contribution in [-0.2, 0) is 19.7 Å². The molecule has 0 N–H and O–H groups in total. The highest BCUT2D eigenvalue weighted by atomic mass is 32.2. The molecule has 2 saturated heterocycles. The second-order valence-electron chi connectivity index (χ2n) is 7.55. The van der Waals surface area contributed by atoms with Gasteiger partial charge in [0.25, 0.3) is 10.2 Å². The molecule has 2 unspecified atom stereocenters. The Labute approximate surface area is 167 Å². The van der Waals surface area contributed by atoms with E-state index in [-0.39, 0.29) is 24.7 Å². The highest BCUT2D eigenvalue weighted by Gasteiger charge is 2.36. The lowest BCUT2D eigenvalue weighted by Gasteiger charge is -2.40. The Morgan fingerprint density at radius 1 is 1.04 bits per heavy atom. The summed E-state index contributed by atoms with van der Waals surface area (Å²) in [6.07, 6.45) is -0.211. The SMILES string of the molecule is CC1CN(S(=O)(=O)N2CCN(CC(=O)N(C)c3ccccc3)CC2)CC(C)O1. The Balaban J connectivity index is 1.53. The van der Waals surface area contributed by atoms with Gasteiger partial charge in [-0.15, -0.1) is 0 Å². The molecule has 0 radical (unpaired) electrons. The summed E-state index contributed by atoms with van der Waals surface area (Å²) in [6.45, 7) is 6.71. The number of likely N-dealkylation sites (N-methyl/N-ethyl adjacent to an activating group) is 1. The molecule has 0 aromatic heterocycles. The maximum Gasteiger partial charge on any atom is 0.282 e. The number of ether oxygens (including phenoxy) is 1. The molecule has 0 aliphatic carbocycles. The van der Waals surface area contributed by atoms with Crippen LogP contribution in [0.15, 0.2) is 30.3 Å². The van der Waals surface area contributed by atoms with E-state index in [1.54, 1.807) is 11.9 Å². The summed E-state index contributed by atoms with van der Waals surface area (Å²) in [6, 6.07) is 9.50. The van der Waals surface area contributed by atoms with Crippen molar-refractivity contribution in [2.75, 3.05) is 57.8 Å². The number of hydrogen-bond donors (Lipinski definition) is 0. The zero-order valence-corrected chi connectivity index (χ0v) is 17.6. The molecule has 2 aliphatic heterocycles. The average Bonchev–Trinajstić information content (AvgIpc) is 2.67. The average molecular weight is 411 g/mol. The summed E-state index contributed by atoms with van der Waals surface area (Å²) in [5, 5.41) is 0. The quantitative estimate of drug-likeness (QED) is 0.712. The number of piperazine rings is 1. The van der Waals surface area contributed by atoms with E-state index >= 15 is 0 Å². The van der Waals surface area contributed by atoms with Gasteiger partial charge in [-0.25, -0.2) is 0 Å². The summed E-state index contributed by atoms with van der Waals surface area (Å²) >= 11 is 0. The van der Waals surface area contributed by atoms with Gasteiger partial charge in [0, 0.05) is 52.0 Å². The predicted molar refractivity (Wildman–Crippen MR) is 108 cm³/mol. The Morgan fingerprint density at radius 2 is 1.61 bits per heavy atom. The number of hydrogen-bond acceptors (Lipinski definition) is 5. The van der Waals surface area contributed by atoms with Gasteiger partial charge in [-0.2, -0.15) is 17.0 Å². The topological polar surface area (TPSA) is 73.4 Å². The second-order valence-corrected chi connectivity index (χ2v) is 9.47. The molecule has 0 saturated carbocycles. The number of morpholine rings is 1. The van der Waals surface area contributed by atoms with Crippen LogP contribution in [-0.4, -0.2) is 92.9 Å². The van der Waals surface area contributed by atoms with Gasteiger partial charge in [0.05, 0.1) is 18.8 Å². The molecular formula is C19H30N4O4S. The molecular weight excluding hydrogens is 380 g/mol. The fraction of sp³-hybridized carbons (Fsp3) is 0.632. The predicted octanol–water partition coefficient (Wildman–Crippen LogP) is 0.621. The van der Waals surface area contributed by atoms with Crippen molar-refractivity contribution in [3.63, 3.8) is 0 Å². The van der Waals surface area contributed by atoms with Crippen LogP contribution in [0.5, 0.6) is 0 Å². The summed E-state index contributed by atoms with van der Waals surface area (Å²) < 4.78 is 34.6. The largest absolute Gasteiger partial charge is 0.373 e. The fourth-order valence-corrected chi connectivity index (χ4v) is 5.44. The number of rotatable bonds is 5. The van der Waals surface area contributed by atoms with Crippen LogP contribution < -0.4 is 4.90 Å². The lowest BCUT2D eigenvalue weighted by Crippen LogP contribution is -2.57. The van der Waals surface area contributed by atoms with Crippen molar-refractivity contribution in [1.29, 1.82) is 0 Å². The van der Waals surface area contributed by atoms with Crippen molar-refractivity contribution in [3.8, 4) is 0 Å². The molecule has 3 rings (SSSR count). The third-order valence-electron chi connectivity index (χ3n) is 5.25. The highest BCUT2D eigenvalue weighted by Crippen LogP contribution is 2.19. The van der Waals surface area contributed by atoms with Crippen molar-refractivity contribution >= 4 is 21.8 Å². The van der Waals surface area contributed by atoms with Gasteiger partial charge in [-0.3, -0.25) is 9.69 Å². The van der Waals surface area contributed by atoms with Gasteiger partial charge >= 0.3 is 0 Å². The lowest BCUT2D eigenvalue weighted by molar-refractivity contribution is -0.119. The minimum atomic E-state index is -3.50. The maximum atomic E-state index is 13.0. The first-order valence-corrected chi connectivity index (χ1v) is 11.1. The first kappa shape index (κ1) is 21.2. The Bertz CT molecular complexity index is 755. The van der Waals surface area contributed by atoms with Gasteiger partial charge in [-0.1, -0.05) is 18.2 Å². The third-order valence-corrected chi connectivity index (χ3v) is 7.21. The molecule has 8 nitrogen and oxygen atoms in total. The summed E-state index contributed by atoms with van der Waals surface area (Å²) in [5.41, 5.74) is 0.851. The van der Waals surface area contributed by atoms with E-state index in [2.05, 4.69) is 0 Å². The molecule has 1 amide bonds. The van der Waals surface area contributed by atoms with Gasteiger partial charge in [-0.05, 0) is 26.0 Å². The van der Waals surface area contributed by atoms with E-state index in [4.69, 9.17) is 4.74 Å². The lowest BCUT2D eigenvalue weighted by atomic mass is 10.3. The Hall–Kier alpha value is -1.52. The summed E-state index contributed by atoms with van der Waals surface area (Å²) in [4.78, 5) is 16.2. The number of nitrogens with zero attached hydrogens (tertiary/aromatic N) is 4. The van der Waals surface area contributed by atoms with Crippen molar-refractivity contribution in [2.45, 2.75) is 26.1 Å². The number of carbonyl (C=O) groups excluding carboxylic acids is 1. The van der Waals surface area contributed by atoms with Gasteiger partial charge < -0.3 is 9.64 Å². The summed E-state index contributed by atoms with van der Waals surface area (Å²) in [5.74, 6) is -0.00154. The van der Waals surface area contributed by atoms with E-state index in [0.29, 0.717) is 39.3 Å². The number of benzene rings is 1. The zero-order chi connectivity index (χ0) is 20.3. The van der Waals surface area contributed by atoms with E-state index < -0.39 is 10.2 Å². The molecule has 28 heavy (non-hydrogen) atoms. The smallest absolute Gasteiger partial charge is 0.282 e. The number of carbonyl (C=O) groups is 1. The van der Waals surface area contributed by atoms with Crippen molar-refractivity contribution in [1.82, 2.24) is 13.5 Å². The van der Waals surface area contributed by atoms with Crippen molar-refractivity contribution in [3.05, 3.63) is 30.3 Å². The highest BCUT2D eigenvalue weighted by molar-refractivity contribution is 7.86. The number of anilines is 1. The van der Waals surface area contributed by atoms with Gasteiger partial charge in [0.2, 0.25) is 5.91 Å². The number of para-hydroxylation sites is 1. The molecule has 156 valence electrons. The molecule has 1 aromatic rings. The van der Waals surface area contributed by atoms with Crippen LogP contribution in [0.1, 0.15) is 13.8 Å². The summed E-state index contributed by atoms with van der Waals surface area (Å²) in [7, 11) is -1.73. The van der Waals surface area contributed by atoms with E-state index in [1.807, 2.05) is 49.1 Å². The van der Waals surface area contributed by atoms with E-state index in [9.17, 15) is 13.2 Å². The monoisotopic (exact) mass is 410 g/mol. The van der Waals surface area contributed by atoms with Crippen LogP contribution >= 0.6 is 0 Å². The Kier molecular flexibility index (Phi) is 6.72. The standard InChI is InChI=1S/C19H30N4O4S/c1-16-13-23(14-17(2)27-16)28(25,26)22-11-9-21(10-12-22)15-19(24)20(3)18-7-5-4-6-8-18/h4-8,16-17H,9-15H2,1-3H3. The second kappa shape index (κ2) is 8.87. The molecule has 9 heteroatoms. The van der Waals surface area contributed by atoms with Crippen LogP contribution in [0, 0.1) is 0 Å². The van der Waals surface area contributed by atoms with Crippen LogP contribution in [0.2, 0.25) is 0 Å². The molecule has 0 spiro atoms. The van der Waals surface area contributed by atoms with Gasteiger partial charge in [0.1, 0.15) is 0 Å². The van der Waals surface area contributed by atoms with Crippen LogP contribution in [0.3, 0.4) is 0 Å². The molecule has 2 heterocycles. The third kappa shape index (κ3) is 4.90. The van der Waals surface area contributed by atoms with Crippen LogP contribution in [0.4, 0.5) is 5.69 Å². The van der Waals surface area contributed by atoms with E-state index in [0.717, 1.165) is 5.69 Å². The zero-order valence-electron chi connectivity index (χ0n) is 16.8. The molecule has 2 aliphatic rings. The first-order chi connectivity index (χ1) is 13.3. The minimum absolute atomic E-state index is 0.00154. The maximum absolute atomic E-state index is 13.0. The molecule has 0 bridgehead atoms. The Morgan fingerprint density at radius 3 is 2.18 bits per heavy atom. The first-order valence-electron chi connectivity index (χ1n) is 9.72. The fourth-order valence-electron chi connectivity index (χ4n) is 3.69. The van der Waals surface area contributed by atoms with Crippen LogP contribution in [0.25, 0.3) is 0 Å². The molecule has 2 atom stereocenters. The number of amides is 1.